The molecule has 3 heterocycles. The molecule has 5 nitrogen and oxygen atoms in total. The van der Waals surface area contributed by atoms with E-state index in [-0.39, 0.29) is 23.0 Å². The Hall–Kier alpha value is -1.69. The lowest BCUT2D eigenvalue weighted by Crippen LogP contribution is -2.43. The highest BCUT2D eigenvalue weighted by atomic mass is 32.2. The van der Waals surface area contributed by atoms with Crippen molar-refractivity contribution < 1.29 is 13.2 Å². The third-order valence-electron chi connectivity index (χ3n) is 3.69. The van der Waals surface area contributed by atoms with E-state index in [1.807, 2.05) is 6.07 Å². The minimum Gasteiger partial charge on any atom is -0.334 e. The van der Waals surface area contributed by atoms with Crippen molar-refractivity contribution in [3.05, 3.63) is 36.2 Å². The Bertz CT molecular complexity index is 625. The van der Waals surface area contributed by atoms with E-state index in [9.17, 15) is 13.2 Å². The molecule has 2 bridgehead atoms. The Morgan fingerprint density at radius 1 is 1.47 bits per heavy atom. The second-order valence-electron chi connectivity index (χ2n) is 4.95. The van der Waals surface area contributed by atoms with Crippen LogP contribution in [0.4, 0.5) is 0 Å². The van der Waals surface area contributed by atoms with Crippen LogP contribution in [0.3, 0.4) is 0 Å². The molecule has 0 spiro atoms. The molecular formula is C13H14N2O3S. The monoisotopic (exact) mass is 278 g/mol. The van der Waals surface area contributed by atoms with Gasteiger partial charge in [-0.05, 0) is 24.1 Å². The van der Waals surface area contributed by atoms with Gasteiger partial charge < -0.3 is 4.90 Å². The van der Waals surface area contributed by atoms with Crippen LogP contribution in [0.15, 0.2) is 30.6 Å². The summed E-state index contributed by atoms with van der Waals surface area (Å²) in [6, 6.07) is 3.52. The lowest BCUT2D eigenvalue weighted by Gasteiger charge is -2.25. The highest BCUT2D eigenvalue weighted by molar-refractivity contribution is 7.92. The van der Waals surface area contributed by atoms with Gasteiger partial charge in [0.25, 0.3) is 0 Å². The van der Waals surface area contributed by atoms with Gasteiger partial charge in [0.15, 0.2) is 9.84 Å². The summed E-state index contributed by atoms with van der Waals surface area (Å²) < 4.78 is 23.2. The Kier molecular flexibility index (Phi) is 2.89. The fourth-order valence-electron chi connectivity index (χ4n) is 2.70. The molecule has 1 aromatic heterocycles. The third kappa shape index (κ3) is 2.28. The Labute approximate surface area is 111 Å². The van der Waals surface area contributed by atoms with Crippen LogP contribution in [0.5, 0.6) is 0 Å². The normalized spacial score (nSPS) is 28.1. The maximum atomic E-state index is 12.0. The van der Waals surface area contributed by atoms with Crippen LogP contribution in [0.2, 0.25) is 0 Å². The number of fused-ring (bicyclic) bond motifs is 2. The number of rotatable bonds is 2. The fraction of sp³-hybridized carbons (Fsp3) is 0.385. The number of nitrogens with zero attached hydrogens (tertiary/aromatic N) is 2. The summed E-state index contributed by atoms with van der Waals surface area (Å²) in [6.07, 6.45) is 7.13. The van der Waals surface area contributed by atoms with Gasteiger partial charge in [-0.25, -0.2) is 8.42 Å². The van der Waals surface area contributed by atoms with Crippen molar-refractivity contribution in [3.63, 3.8) is 0 Å². The van der Waals surface area contributed by atoms with E-state index in [4.69, 9.17) is 0 Å². The van der Waals surface area contributed by atoms with Gasteiger partial charge in [-0.2, -0.15) is 0 Å². The first-order valence-corrected chi connectivity index (χ1v) is 7.88. The van der Waals surface area contributed by atoms with E-state index in [1.165, 1.54) is 6.08 Å². The first kappa shape index (κ1) is 12.3. The molecule has 1 amide bonds. The number of hydrogen-bond acceptors (Lipinski definition) is 4. The first-order chi connectivity index (χ1) is 9.06. The molecule has 0 N–H and O–H groups in total. The van der Waals surface area contributed by atoms with E-state index in [2.05, 4.69) is 4.98 Å². The zero-order valence-electron chi connectivity index (χ0n) is 10.3. The van der Waals surface area contributed by atoms with Gasteiger partial charge in [-0.3, -0.25) is 9.78 Å². The molecule has 2 aliphatic rings. The molecule has 2 saturated heterocycles. The molecule has 2 unspecified atom stereocenters. The number of hydrogen-bond donors (Lipinski definition) is 0. The summed E-state index contributed by atoms with van der Waals surface area (Å²) >= 11 is 0. The highest BCUT2D eigenvalue weighted by Crippen LogP contribution is 2.32. The molecule has 0 saturated carbocycles. The predicted octanol–water partition coefficient (Wildman–Crippen LogP) is 0.493. The topological polar surface area (TPSA) is 67.3 Å². The Morgan fingerprint density at radius 3 is 2.89 bits per heavy atom. The summed E-state index contributed by atoms with van der Waals surface area (Å²) in [7, 11) is -2.95. The average molecular weight is 278 g/mol. The number of amides is 1. The van der Waals surface area contributed by atoms with Crippen LogP contribution in [0.25, 0.3) is 6.08 Å². The number of aromatic nitrogens is 1. The molecule has 19 heavy (non-hydrogen) atoms. The third-order valence-corrected chi connectivity index (χ3v) is 5.90. The van der Waals surface area contributed by atoms with Crippen molar-refractivity contribution in [3.8, 4) is 0 Å². The molecule has 0 aromatic carbocycles. The molecule has 0 aliphatic carbocycles. The molecule has 2 fully saturated rings. The van der Waals surface area contributed by atoms with E-state index >= 15 is 0 Å². The van der Waals surface area contributed by atoms with Gasteiger partial charge in [0.1, 0.15) is 0 Å². The van der Waals surface area contributed by atoms with Gasteiger partial charge in [0.2, 0.25) is 5.91 Å². The molecule has 2 atom stereocenters. The second-order valence-corrected chi connectivity index (χ2v) is 7.28. The molecule has 1 aromatic rings. The van der Waals surface area contributed by atoms with Crippen LogP contribution in [-0.2, 0) is 14.6 Å². The SMILES string of the molecule is O=C(C=Cc1cccnc1)N1CC2CC1CS2(=O)=O. The number of carbonyl (C=O) groups is 1. The standard InChI is InChI=1S/C13H14N2O3S/c16-13(4-3-10-2-1-5-14-7-10)15-8-12-6-11(15)9-19(12,17)18/h1-5,7,11-12H,6,8-9H2. The van der Waals surface area contributed by atoms with E-state index < -0.39 is 9.84 Å². The summed E-state index contributed by atoms with van der Waals surface area (Å²) in [5, 5.41) is -0.353. The number of carbonyl (C=O) groups excluding carboxylic acids is 1. The van der Waals surface area contributed by atoms with Gasteiger partial charge in [0, 0.05) is 31.1 Å². The fourth-order valence-corrected chi connectivity index (χ4v) is 4.73. The van der Waals surface area contributed by atoms with Crippen LogP contribution in [0.1, 0.15) is 12.0 Å². The second kappa shape index (κ2) is 4.45. The molecule has 2 aliphatic heterocycles. The van der Waals surface area contributed by atoms with Crippen molar-refractivity contribution in [2.24, 2.45) is 0 Å². The maximum Gasteiger partial charge on any atom is 0.246 e. The van der Waals surface area contributed by atoms with E-state index in [0.29, 0.717) is 13.0 Å². The van der Waals surface area contributed by atoms with Crippen molar-refractivity contribution in [1.82, 2.24) is 9.88 Å². The maximum absolute atomic E-state index is 12.0. The Balaban J connectivity index is 1.69. The largest absolute Gasteiger partial charge is 0.334 e. The van der Waals surface area contributed by atoms with Crippen LogP contribution in [0, 0.1) is 0 Å². The number of sulfone groups is 1. The number of pyridine rings is 1. The molecule has 6 heteroatoms. The zero-order chi connectivity index (χ0) is 13.5. The predicted molar refractivity (Wildman–Crippen MR) is 71.0 cm³/mol. The zero-order valence-corrected chi connectivity index (χ0v) is 11.1. The molecule has 100 valence electrons. The Morgan fingerprint density at radius 2 is 2.32 bits per heavy atom. The summed E-state index contributed by atoms with van der Waals surface area (Å²) in [5.74, 6) is -0.00399. The minimum absolute atomic E-state index is 0.115. The highest BCUT2D eigenvalue weighted by Gasteiger charge is 2.49. The lowest BCUT2D eigenvalue weighted by molar-refractivity contribution is -0.126. The average Bonchev–Trinajstić information content (AvgIpc) is 2.93. The van der Waals surface area contributed by atoms with Crippen LogP contribution in [-0.4, -0.2) is 47.8 Å². The van der Waals surface area contributed by atoms with Crippen molar-refractivity contribution >= 4 is 21.8 Å². The summed E-state index contributed by atoms with van der Waals surface area (Å²) in [4.78, 5) is 17.7. The summed E-state index contributed by atoms with van der Waals surface area (Å²) in [5.41, 5.74) is 0.854. The van der Waals surface area contributed by atoms with Crippen molar-refractivity contribution in [2.75, 3.05) is 12.3 Å². The van der Waals surface area contributed by atoms with Crippen molar-refractivity contribution in [1.29, 1.82) is 0 Å². The smallest absolute Gasteiger partial charge is 0.246 e. The molecular weight excluding hydrogens is 264 g/mol. The molecule has 0 radical (unpaired) electrons. The van der Waals surface area contributed by atoms with Gasteiger partial charge in [-0.15, -0.1) is 0 Å². The minimum atomic E-state index is -2.95. The van der Waals surface area contributed by atoms with Crippen LogP contribution >= 0.6 is 0 Å². The van der Waals surface area contributed by atoms with E-state index in [1.54, 1.807) is 29.4 Å². The quantitative estimate of drug-likeness (QED) is 0.739. The summed E-state index contributed by atoms with van der Waals surface area (Å²) in [6.45, 7) is 0.337. The van der Waals surface area contributed by atoms with Crippen LogP contribution < -0.4 is 0 Å². The van der Waals surface area contributed by atoms with Gasteiger partial charge >= 0.3 is 0 Å². The van der Waals surface area contributed by atoms with Gasteiger partial charge in [-0.1, -0.05) is 6.07 Å². The number of likely N-dealkylation sites (tertiary alicyclic amines) is 1. The van der Waals surface area contributed by atoms with Gasteiger partial charge in [0.05, 0.1) is 11.0 Å². The first-order valence-electron chi connectivity index (χ1n) is 6.16. The lowest BCUT2D eigenvalue weighted by atomic mass is 10.2. The van der Waals surface area contributed by atoms with E-state index in [0.717, 1.165) is 5.56 Å². The van der Waals surface area contributed by atoms with Crippen molar-refractivity contribution in [2.45, 2.75) is 17.7 Å². The molecule has 3 rings (SSSR count).